The lowest BCUT2D eigenvalue weighted by Crippen LogP contribution is -2.13. The maximum atomic E-state index is 5.55. The van der Waals surface area contributed by atoms with E-state index in [9.17, 15) is 0 Å². The van der Waals surface area contributed by atoms with Crippen molar-refractivity contribution in [2.24, 2.45) is 5.84 Å². The molecular weight excluding hydrogens is 274 g/mol. The van der Waals surface area contributed by atoms with Crippen LogP contribution in [0.2, 0.25) is 0 Å². The lowest BCUT2D eigenvalue weighted by Gasteiger charge is -2.08. The van der Waals surface area contributed by atoms with Crippen LogP contribution in [0, 0.1) is 0 Å². The Morgan fingerprint density at radius 3 is 2.33 bits per heavy atom. The Morgan fingerprint density at radius 2 is 1.71 bits per heavy atom. The fourth-order valence-corrected chi connectivity index (χ4v) is 1.46. The number of hydrazine groups is 1. The van der Waals surface area contributed by atoms with E-state index in [0.29, 0.717) is 12.4 Å². The smallest absolute Gasteiger partial charge is 0.330 e. The highest BCUT2D eigenvalue weighted by atomic mass is 16.5. The van der Waals surface area contributed by atoms with Crippen LogP contribution in [0.25, 0.3) is 0 Å². The summed E-state index contributed by atoms with van der Waals surface area (Å²) in [4.78, 5) is 12.0. The fourth-order valence-electron chi connectivity index (χ4n) is 1.46. The lowest BCUT2D eigenvalue weighted by atomic mass is 10.3. The maximum Gasteiger partial charge on any atom is 0.330 e. The van der Waals surface area contributed by atoms with Crippen LogP contribution in [0.5, 0.6) is 23.5 Å². The van der Waals surface area contributed by atoms with Gasteiger partial charge in [0.25, 0.3) is 0 Å². The van der Waals surface area contributed by atoms with Crippen LogP contribution in [-0.2, 0) is 0 Å². The molecule has 0 atom stereocenters. The molecule has 0 aliphatic rings. The average molecular weight is 291 g/mol. The largest absolute Gasteiger partial charge is 0.497 e. The highest BCUT2D eigenvalue weighted by molar-refractivity contribution is 5.33. The minimum Gasteiger partial charge on any atom is -0.497 e. The number of nitrogen functional groups attached to an aromatic ring is 1. The van der Waals surface area contributed by atoms with E-state index in [-0.39, 0.29) is 18.0 Å². The first-order valence-electron chi connectivity index (χ1n) is 6.42. The third kappa shape index (κ3) is 4.18. The Hall–Kier alpha value is -2.61. The predicted molar refractivity (Wildman–Crippen MR) is 76.5 cm³/mol. The molecule has 1 heterocycles. The summed E-state index contributed by atoms with van der Waals surface area (Å²) >= 11 is 0. The molecule has 0 saturated carbocycles. The van der Waals surface area contributed by atoms with Crippen molar-refractivity contribution < 1.29 is 14.2 Å². The zero-order chi connectivity index (χ0) is 15.1. The van der Waals surface area contributed by atoms with Crippen LogP contribution in [0.15, 0.2) is 24.3 Å². The van der Waals surface area contributed by atoms with Gasteiger partial charge in [-0.2, -0.15) is 9.97 Å². The summed E-state index contributed by atoms with van der Waals surface area (Å²) in [5.74, 6) is 6.78. The summed E-state index contributed by atoms with van der Waals surface area (Å²) in [5, 5.41) is 0. The van der Waals surface area contributed by atoms with Gasteiger partial charge in [-0.15, -0.1) is 4.98 Å². The predicted octanol–water partition coefficient (Wildman–Crippen LogP) is 1.75. The van der Waals surface area contributed by atoms with E-state index >= 15 is 0 Å². The molecule has 8 heteroatoms. The molecule has 0 fully saturated rings. The van der Waals surface area contributed by atoms with E-state index in [4.69, 9.17) is 20.1 Å². The Morgan fingerprint density at radius 1 is 1.05 bits per heavy atom. The standard InChI is InChI=1S/C13H17N5O3/c1-3-8-20-12-15-11(18-14)16-13(17-12)21-10-6-4-9(19-2)5-7-10/h4-7H,3,8,14H2,1-2H3,(H,15,16,17,18). The summed E-state index contributed by atoms with van der Waals surface area (Å²) < 4.78 is 16.0. The topological polar surface area (TPSA) is 104 Å². The van der Waals surface area contributed by atoms with Crippen molar-refractivity contribution in [3.05, 3.63) is 24.3 Å². The van der Waals surface area contributed by atoms with Crippen LogP contribution in [0.3, 0.4) is 0 Å². The van der Waals surface area contributed by atoms with Gasteiger partial charge in [0.1, 0.15) is 11.5 Å². The first kappa shape index (κ1) is 14.8. The zero-order valence-electron chi connectivity index (χ0n) is 11.9. The van der Waals surface area contributed by atoms with Crippen molar-refractivity contribution in [3.8, 4) is 23.5 Å². The van der Waals surface area contributed by atoms with Crippen LogP contribution >= 0.6 is 0 Å². The molecule has 1 aromatic carbocycles. The molecule has 2 aromatic rings. The molecule has 0 amide bonds. The molecule has 0 aliphatic heterocycles. The number of benzene rings is 1. The molecule has 8 nitrogen and oxygen atoms in total. The number of anilines is 1. The van der Waals surface area contributed by atoms with Gasteiger partial charge in [-0.25, -0.2) is 5.84 Å². The number of nitrogens with one attached hydrogen (secondary N) is 1. The van der Waals surface area contributed by atoms with E-state index in [0.717, 1.165) is 12.2 Å². The van der Waals surface area contributed by atoms with Crippen molar-refractivity contribution in [2.75, 3.05) is 19.1 Å². The molecule has 0 unspecified atom stereocenters. The third-order valence-electron chi connectivity index (χ3n) is 2.43. The summed E-state index contributed by atoms with van der Waals surface area (Å²) in [7, 11) is 1.60. The zero-order valence-corrected chi connectivity index (χ0v) is 11.9. The van der Waals surface area contributed by atoms with E-state index < -0.39 is 0 Å². The number of hydrogen-bond donors (Lipinski definition) is 2. The Balaban J connectivity index is 2.16. The van der Waals surface area contributed by atoms with Crippen LogP contribution < -0.4 is 25.5 Å². The van der Waals surface area contributed by atoms with Gasteiger partial charge >= 0.3 is 12.0 Å². The molecule has 0 aliphatic carbocycles. The maximum absolute atomic E-state index is 5.55. The van der Waals surface area contributed by atoms with E-state index in [2.05, 4.69) is 20.4 Å². The average Bonchev–Trinajstić information content (AvgIpc) is 2.53. The first-order chi connectivity index (χ1) is 10.2. The van der Waals surface area contributed by atoms with Crippen molar-refractivity contribution in [1.82, 2.24) is 15.0 Å². The van der Waals surface area contributed by atoms with Crippen LogP contribution in [0.4, 0.5) is 5.95 Å². The van der Waals surface area contributed by atoms with Crippen molar-refractivity contribution >= 4 is 5.95 Å². The van der Waals surface area contributed by atoms with Gasteiger partial charge < -0.3 is 14.2 Å². The summed E-state index contributed by atoms with van der Waals surface area (Å²) in [6.07, 6.45) is 0.839. The lowest BCUT2D eigenvalue weighted by molar-refractivity contribution is 0.285. The second-order valence-electron chi connectivity index (χ2n) is 3.99. The highest BCUT2D eigenvalue weighted by Gasteiger charge is 2.09. The van der Waals surface area contributed by atoms with Gasteiger partial charge in [0.15, 0.2) is 0 Å². The molecule has 1 aromatic heterocycles. The van der Waals surface area contributed by atoms with Gasteiger partial charge in [0.2, 0.25) is 5.95 Å². The molecule has 112 valence electrons. The molecule has 21 heavy (non-hydrogen) atoms. The normalized spacial score (nSPS) is 10.0. The molecule has 0 saturated heterocycles. The summed E-state index contributed by atoms with van der Waals surface area (Å²) in [6.45, 7) is 2.48. The Labute approximate surface area is 122 Å². The molecule has 3 N–H and O–H groups in total. The van der Waals surface area contributed by atoms with E-state index in [1.165, 1.54) is 0 Å². The number of aromatic nitrogens is 3. The van der Waals surface area contributed by atoms with Crippen LogP contribution in [-0.4, -0.2) is 28.7 Å². The Bertz CT molecular complexity index is 577. The fraction of sp³-hybridized carbons (Fsp3) is 0.308. The molecule has 0 radical (unpaired) electrons. The number of rotatable bonds is 7. The number of hydrogen-bond acceptors (Lipinski definition) is 8. The van der Waals surface area contributed by atoms with Gasteiger partial charge in [0.05, 0.1) is 13.7 Å². The second-order valence-corrected chi connectivity index (χ2v) is 3.99. The van der Waals surface area contributed by atoms with E-state index in [1.54, 1.807) is 31.4 Å². The molecule has 0 bridgehead atoms. The summed E-state index contributed by atoms with van der Waals surface area (Å²) in [6, 6.07) is 7.27. The molecule has 0 spiro atoms. The SMILES string of the molecule is CCCOc1nc(NN)nc(Oc2ccc(OC)cc2)n1. The minimum atomic E-state index is 0.0919. The minimum absolute atomic E-state index is 0.0919. The number of methoxy groups -OCH3 is 1. The Kier molecular flexibility index (Phi) is 5.10. The van der Waals surface area contributed by atoms with Crippen LogP contribution in [0.1, 0.15) is 13.3 Å². The number of nitrogens with two attached hydrogens (primary N) is 1. The first-order valence-corrected chi connectivity index (χ1v) is 6.42. The quantitative estimate of drug-likeness (QED) is 0.587. The molecule has 2 rings (SSSR count). The summed E-state index contributed by atoms with van der Waals surface area (Å²) in [5.41, 5.74) is 2.35. The third-order valence-corrected chi connectivity index (χ3v) is 2.43. The van der Waals surface area contributed by atoms with Crippen molar-refractivity contribution in [1.29, 1.82) is 0 Å². The molecular formula is C13H17N5O3. The number of nitrogens with zero attached hydrogens (tertiary/aromatic N) is 3. The monoisotopic (exact) mass is 291 g/mol. The van der Waals surface area contributed by atoms with Crippen molar-refractivity contribution in [3.63, 3.8) is 0 Å². The van der Waals surface area contributed by atoms with Gasteiger partial charge in [-0.3, -0.25) is 5.43 Å². The number of ether oxygens (including phenoxy) is 3. The van der Waals surface area contributed by atoms with Gasteiger partial charge in [0, 0.05) is 0 Å². The highest BCUT2D eigenvalue weighted by Crippen LogP contribution is 2.22. The van der Waals surface area contributed by atoms with Gasteiger partial charge in [-0.1, -0.05) is 6.92 Å². The van der Waals surface area contributed by atoms with Gasteiger partial charge in [-0.05, 0) is 30.7 Å². The van der Waals surface area contributed by atoms with Crippen molar-refractivity contribution in [2.45, 2.75) is 13.3 Å². The van der Waals surface area contributed by atoms with E-state index in [1.807, 2.05) is 6.92 Å². The second kappa shape index (κ2) is 7.25.